The first-order valence-corrected chi connectivity index (χ1v) is 7.88. The predicted octanol–water partition coefficient (Wildman–Crippen LogP) is 4.84. The summed E-state index contributed by atoms with van der Waals surface area (Å²) in [7, 11) is 0. The van der Waals surface area contributed by atoms with E-state index in [1.165, 1.54) is 49.4 Å². The minimum Gasteiger partial charge on any atom is -0.0576 e. The van der Waals surface area contributed by atoms with Crippen molar-refractivity contribution < 1.29 is 0 Å². The molecule has 2 saturated carbocycles. The summed E-state index contributed by atoms with van der Waals surface area (Å²) in [6.45, 7) is 0. The second-order valence-corrected chi connectivity index (χ2v) is 7.23. The summed E-state index contributed by atoms with van der Waals surface area (Å²) in [6.07, 6.45) is 10.2. The number of benzene rings is 1. The van der Waals surface area contributed by atoms with Gasteiger partial charge in [0.2, 0.25) is 0 Å². The Morgan fingerprint density at radius 2 is 2.06 bits per heavy atom. The lowest BCUT2D eigenvalue weighted by Crippen LogP contribution is -2.40. The third kappa shape index (κ3) is 1.35. The van der Waals surface area contributed by atoms with Gasteiger partial charge in [-0.2, -0.15) is 0 Å². The van der Waals surface area contributed by atoms with Crippen molar-refractivity contribution in [3.63, 3.8) is 0 Å². The third-order valence-electron chi connectivity index (χ3n) is 5.72. The van der Waals surface area contributed by atoms with E-state index in [0.29, 0.717) is 5.41 Å². The van der Waals surface area contributed by atoms with Crippen molar-refractivity contribution in [3.05, 3.63) is 33.8 Å². The topological polar surface area (TPSA) is 0 Å². The Hall–Kier alpha value is -0.300. The fraction of sp³-hybridized carbons (Fsp3) is 0.625. The van der Waals surface area contributed by atoms with Crippen molar-refractivity contribution in [2.24, 2.45) is 11.8 Å². The van der Waals surface area contributed by atoms with Gasteiger partial charge in [0.25, 0.3) is 0 Å². The Morgan fingerprint density at radius 1 is 1.12 bits per heavy atom. The zero-order valence-electron chi connectivity index (χ0n) is 10.2. The molecule has 3 atom stereocenters. The highest BCUT2D eigenvalue weighted by Gasteiger charge is 2.53. The lowest BCUT2D eigenvalue weighted by Gasteiger charge is -2.46. The standard InChI is InChI=1S/C16H19Br/c17-13-5-4-11-9-12-6-8-16(15(11)10-13)7-2-1-3-14(12)16/h4-5,10,12,14H,1-3,6-9H2/t12-,14-,16?/m0/s1. The van der Waals surface area contributed by atoms with Crippen LogP contribution in [0.5, 0.6) is 0 Å². The first-order chi connectivity index (χ1) is 8.29. The van der Waals surface area contributed by atoms with E-state index in [9.17, 15) is 0 Å². The summed E-state index contributed by atoms with van der Waals surface area (Å²) in [6, 6.07) is 7.05. The van der Waals surface area contributed by atoms with Gasteiger partial charge in [-0.25, -0.2) is 0 Å². The van der Waals surface area contributed by atoms with Crippen molar-refractivity contribution in [2.75, 3.05) is 0 Å². The smallest absolute Gasteiger partial charge is 0.0178 e. The molecule has 17 heavy (non-hydrogen) atoms. The van der Waals surface area contributed by atoms with Crippen LogP contribution in [-0.4, -0.2) is 0 Å². The van der Waals surface area contributed by atoms with Gasteiger partial charge in [0.15, 0.2) is 0 Å². The molecule has 1 aromatic carbocycles. The zero-order valence-corrected chi connectivity index (χ0v) is 11.8. The molecule has 2 bridgehead atoms. The molecule has 0 radical (unpaired) electrons. The van der Waals surface area contributed by atoms with Gasteiger partial charge in [0.05, 0.1) is 0 Å². The number of halogens is 1. The summed E-state index contributed by atoms with van der Waals surface area (Å²) >= 11 is 3.67. The lowest BCUT2D eigenvalue weighted by molar-refractivity contribution is 0.167. The fourth-order valence-electron chi connectivity index (χ4n) is 5.09. The van der Waals surface area contributed by atoms with Crippen LogP contribution in [0.25, 0.3) is 0 Å². The molecular weight excluding hydrogens is 272 g/mol. The molecule has 2 fully saturated rings. The van der Waals surface area contributed by atoms with E-state index in [0.717, 1.165) is 11.8 Å². The van der Waals surface area contributed by atoms with Crippen molar-refractivity contribution in [3.8, 4) is 0 Å². The highest BCUT2D eigenvalue weighted by Crippen LogP contribution is 2.60. The van der Waals surface area contributed by atoms with Gasteiger partial charge in [-0.1, -0.05) is 34.8 Å². The summed E-state index contributed by atoms with van der Waals surface area (Å²) < 4.78 is 1.28. The average molecular weight is 291 g/mol. The summed E-state index contributed by atoms with van der Waals surface area (Å²) in [5.74, 6) is 2.02. The van der Waals surface area contributed by atoms with E-state index < -0.39 is 0 Å². The largest absolute Gasteiger partial charge is 0.0576 e. The zero-order chi connectivity index (χ0) is 11.5. The molecule has 1 aromatic rings. The fourth-order valence-corrected chi connectivity index (χ4v) is 5.45. The van der Waals surface area contributed by atoms with E-state index in [-0.39, 0.29) is 0 Å². The van der Waals surface area contributed by atoms with Gasteiger partial charge in [0, 0.05) is 4.47 Å². The molecule has 0 amide bonds. The Labute approximate surface area is 112 Å². The van der Waals surface area contributed by atoms with Crippen LogP contribution in [0, 0.1) is 11.8 Å². The predicted molar refractivity (Wildman–Crippen MR) is 74.2 cm³/mol. The van der Waals surface area contributed by atoms with Gasteiger partial charge in [-0.3, -0.25) is 0 Å². The van der Waals surface area contributed by atoms with Crippen LogP contribution in [-0.2, 0) is 11.8 Å². The summed E-state index contributed by atoms with van der Waals surface area (Å²) in [5.41, 5.74) is 3.96. The molecule has 0 spiro atoms. The number of hydrogen-bond acceptors (Lipinski definition) is 0. The molecule has 0 aliphatic heterocycles. The van der Waals surface area contributed by atoms with E-state index in [2.05, 4.69) is 34.1 Å². The van der Waals surface area contributed by atoms with E-state index in [1.807, 2.05) is 0 Å². The summed E-state index contributed by atoms with van der Waals surface area (Å²) in [4.78, 5) is 0. The Balaban J connectivity index is 1.92. The average Bonchev–Trinajstić information content (AvgIpc) is 2.65. The van der Waals surface area contributed by atoms with Crippen LogP contribution in [0.3, 0.4) is 0 Å². The van der Waals surface area contributed by atoms with E-state index in [4.69, 9.17) is 0 Å². The molecule has 3 aliphatic carbocycles. The maximum Gasteiger partial charge on any atom is 0.0178 e. The van der Waals surface area contributed by atoms with Crippen LogP contribution in [0.1, 0.15) is 49.7 Å². The van der Waals surface area contributed by atoms with Gasteiger partial charge in [-0.05, 0) is 72.6 Å². The van der Waals surface area contributed by atoms with Crippen LogP contribution in [0.2, 0.25) is 0 Å². The molecule has 0 nitrogen and oxygen atoms in total. The molecule has 0 heterocycles. The van der Waals surface area contributed by atoms with Gasteiger partial charge < -0.3 is 0 Å². The lowest BCUT2D eigenvalue weighted by atomic mass is 9.58. The molecule has 4 rings (SSSR count). The molecular formula is C16H19Br. The van der Waals surface area contributed by atoms with Crippen molar-refractivity contribution >= 4 is 15.9 Å². The van der Waals surface area contributed by atoms with Crippen molar-refractivity contribution in [1.82, 2.24) is 0 Å². The molecule has 90 valence electrons. The minimum absolute atomic E-state index is 0.584. The number of hydrogen-bond donors (Lipinski definition) is 0. The minimum atomic E-state index is 0.584. The van der Waals surface area contributed by atoms with Gasteiger partial charge in [0.1, 0.15) is 0 Å². The van der Waals surface area contributed by atoms with E-state index >= 15 is 0 Å². The normalized spacial score (nSPS) is 38.6. The maximum atomic E-state index is 3.67. The molecule has 0 N–H and O–H groups in total. The first-order valence-electron chi connectivity index (χ1n) is 7.08. The van der Waals surface area contributed by atoms with Crippen molar-refractivity contribution in [1.29, 1.82) is 0 Å². The van der Waals surface area contributed by atoms with Crippen LogP contribution in [0.15, 0.2) is 22.7 Å². The molecule has 0 saturated heterocycles. The van der Waals surface area contributed by atoms with Crippen molar-refractivity contribution in [2.45, 2.75) is 50.4 Å². The third-order valence-corrected chi connectivity index (χ3v) is 6.21. The molecule has 3 aliphatic rings. The Kier molecular flexibility index (Phi) is 2.25. The van der Waals surface area contributed by atoms with Crippen LogP contribution in [0.4, 0.5) is 0 Å². The second-order valence-electron chi connectivity index (χ2n) is 6.31. The van der Waals surface area contributed by atoms with Crippen LogP contribution < -0.4 is 0 Å². The number of rotatable bonds is 0. The highest BCUT2D eigenvalue weighted by molar-refractivity contribution is 9.10. The second kappa shape index (κ2) is 3.60. The number of fused-ring (bicyclic) bond motifs is 1. The Bertz CT molecular complexity index is 465. The highest BCUT2D eigenvalue weighted by atomic mass is 79.9. The maximum absolute atomic E-state index is 3.67. The van der Waals surface area contributed by atoms with Gasteiger partial charge in [-0.15, -0.1) is 0 Å². The van der Waals surface area contributed by atoms with Gasteiger partial charge >= 0.3 is 0 Å². The summed E-state index contributed by atoms with van der Waals surface area (Å²) in [5, 5.41) is 0. The van der Waals surface area contributed by atoms with E-state index in [1.54, 1.807) is 11.1 Å². The van der Waals surface area contributed by atoms with Crippen LogP contribution >= 0.6 is 15.9 Å². The quantitative estimate of drug-likeness (QED) is 0.641. The first kappa shape index (κ1) is 10.6. The monoisotopic (exact) mass is 290 g/mol. The SMILES string of the molecule is Brc1ccc2c(c1)C13CCCC[C@H]1[C@@H](CC3)C2. The molecule has 1 heteroatoms. The Morgan fingerprint density at radius 3 is 3.00 bits per heavy atom. The molecule has 1 unspecified atom stereocenters. The molecule has 0 aromatic heterocycles.